The van der Waals surface area contributed by atoms with Crippen LogP contribution in [-0.4, -0.2) is 38.8 Å². The Bertz CT molecular complexity index is 1110. The molecule has 6 heteroatoms. The number of carbonyl (C=O) groups is 1. The first-order chi connectivity index (χ1) is 13.2. The number of fused-ring (bicyclic) bond motifs is 1. The third-order valence-electron chi connectivity index (χ3n) is 4.93. The van der Waals surface area contributed by atoms with Gasteiger partial charge in [-0.05, 0) is 61.0 Å². The molecule has 0 bridgehead atoms. The Morgan fingerprint density at radius 3 is 2.07 bits per heavy atom. The minimum absolute atomic E-state index is 0.148. The summed E-state index contributed by atoms with van der Waals surface area (Å²) in [6, 6.07) is 19.7. The van der Waals surface area contributed by atoms with Crippen molar-refractivity contribution in [1.82, 2.24) is 4.31 Å². The number of hydrogen-bond donors (Lipinski definition) is 0. The van der Waals surface area contributed by atoms with Gasteiger partial charge in [0.15, 0.2) is 0 Å². The fraction of sp³-hybridized carbons (Fsp3) is 0.227. The van der Waals surface area contributed by atoms with Crippen molar-refractivity contribution in [1.29, 1.82) is 0 Å². The maximum Gasteiger partial charge on any atom is 0.258 e. The molecule has 3 rings (SSSR count). The van der Waals surface area contributed by atoms with Crippen LogP contribution in [0.25, 0.3) is 10.8 Å². The normalized spacial score (nSPS) is 11.9. The van der Waals surface area contributed by atoms with Crippen LogP contribution in [0.4, 0.5) is 5.69 Å². The lowest BCUT2D eigenvalue weighted by Crippen LogP contribution is -2.33. The zero-order valence-corrected chi connectivity index (χ0v) is 17.3. The summed E-state index contributed by atoms with van der Waals surface area (Å²) >= 11 is 0. The van der Waals surface area contributed by atoms with E-state index in [0.29, 0.717) is 5.56 Å². The Morgan fingerprint density at radius 1 is 0.857 bits per heavy atom. The monoisotopic (exact) mass is 396 g/mol. The number of anilines is 1. The highest BCUT2D eigenvalue weighted by Crippen LogP contribution is 2.23. The lowest BCUT2D eigenvalue weighted by atomic mass is 10.1. The lowest BCUT2D eigenvalue weighted by molar-refractivity contribution is 0.0993. The summed E-state index contributed by atoms with van der Waals surface area (Å²) in [7, 11) is -0.309. The third kappa shape index (κ3) is 3.79. The van der Waals surface area contributed by atoms with Crippen molar-refractivity contribution < 1.29 is 13.2 Å². The van der Waals surface area contributed by atoms with Gasteiger partial charge in [-0.3, -0.25) is 4.79 Å². The minimum atomic E-state index is -3.57. The lowest BCUT2D eigenvalue weighted by Gasteiger charge is -2.21. The van der Waals surface area contributed by atoms with E-state index in [4.69, 9.17) is 0 Å². The molecule has 0 aliphatic carbocycles. The molecule has 0 fully saturated rings. The number of rotatable bonds is 5. The van der Waals surface area contributed by atoms with Crippen LogP contribution in [0.3, 0.4) is 0 Å². The van der Waals surface area contributed by atoms with Gasteiger partial charge < -0.3 is 4.90 Å². The maximum absolute atomic E-state index is 12.9. The molecular weight excluding hydrogens is 372 g/mol. The van der Waals surface area contributed by atoms with Crippen LogP contribution < -0.4 is 4.90 Å². The van der Waals surface area contributed by atoms with Crippen LogP contribution in [0.15, 0.2) is 71.6 Å². The van der Waals surface area contributed by atoms with Gasteiger partial charge in [0.25, 0.3) is 5.91 Å². The van der Waals surface area contributed by atoms with Gasteiger partial charge in [0, 0.05) is 31.4 Å². The van der Waals surface area contributed by atoms with Crippen LogP contribution in [0, 0.1) is 0 Å². The number of carbonyl (C=O) groups excluding carboxylic acids is 1. The first-order valence-electron chi connectivity index (χ1n) is 9.07. The maximum atomic E-state index is 12.9. The first kappa shape index (κ1) is 20.0. The molecule has 3 aromatic carbocycles. The molecule has 0 aliphatic rings. The highest BCUT2D eigenvalue weighted by atomic mass is 32.2. The van der Waals surface area contributed by atoms with E-state index in [2.05, 4.69) is 0 Å². The Balaban J connectivity index is 1.85. The summed E-state index contributed by atoms with van der Waals surface area (Å²) in [6.07, 6.45) is 0. The molecule has 3 aromatic rings. The van der Waals surface area contributed by atoms with Gasteiger partial charge in [0.2, 0.25) is 10.0 Å². The molecule has 146 valence electrons. The first-order valence-corrected chi connectivity index (χ1v) is 10.5. The predicted molar refractivity (Wildman–Crippen MR) is 113 cm³/mol. The van der Waals surface area contributed by atoms with Crippen molar-refractivity contribution in [3.63, 3.8) is 0 Å². The standard InChI is InChI=1S/C22H24N2O3S/c1-16(2)24(4)28(26,27)21-13-10-18(11-14-21)22(25)23(3)20-12-9-17-7-5-6-8-19(17)15-20/h5-16H,1-4H3. The number of sulfonamides is 1. The number of benzene rings is 3. The zero-order valence-electron chi connectivity index (χ0n) is 16.5. The van der Waals surface area contributed by atoms with E-state index in [9.17, 15) is 13.2 Å². The average molecular weight is 397 g/mol. The average Bonchev–Trinajstić information content (AvgIpc) is 2.71. The number of amides is 1. The van der Waals surface area contributed by atoms with Gasteiger partial charge in [-0.15, -0.1) is 0 Å². The molecule has 5 nitrogen and oxygen atoms in total. The summed E-state index contributed by atoms with van der Waals surface area (Å²) in [5, 5.41) is 2.16. The molecule has 0 aromatic heterocycles. The van der Waals surface area contributed by atoms with Crippen LogP contribution in [-0.2, 0) is 10.0 Å². The van der Waals surface area contributed by atoms with E-state index in [1.807, 2.05) is 56.3 Å². The fourth-order valence-corrected chi connectivity index (χ4v) is 4.28. The van der Waals surface area contributed by atoms with Crippen LogP contribution >= 0.6 is 0 Å². The highest BCUT2D eigenvalue weighted by Gasteiger charge is 2.23. The van der Waals surface area contributed by atoms with E-state index >= 15 is 0 Å². The summed E-state index contributed by atoms with van der Waals surface area (Å²) in [6.45, 7) is 3.63. The molecule has 0 atom stereocenters. The van der Waals surface area contributed by atoms with E-state index in [1.54, 1.807) is 31.1 Å². The van der Waals surface area contributed by atoms with Crippen molar-refractivity contribution in [3.05, 3.63) is 72.3 Å². The SMILES string of the molecule is CC(C)N(C)S(=O)(=O)c1ccc(C(=O)N(C)c2ccc3ccccc3c2)cc1. The number of nitrogens with zero attached hydrogens (tertiary/aromatic N) is 2. The Labute approximate surface area is 166 Å². The Kier molecular flexibility index (Phi) is 5.54. The molecule has 0 aliphatic heterocycles. The van der Waals surface area contributed by atoms with Crippen molar-refractivity contribution in [3.8, 4) is 0 Å². The summed E-state index contributed by atoms with van der Waals surface area (Å²) < 4.78 is 26.4. The van der Waals surface area contributed by atoms with Gasteiger partial charge in [-0.2, -0.15) is 4.31 Å². The van der Waals surface area contributed by atoms with Gasteiger partial charge in [0.1, 0.15) is 0 Å². The van der Waals surface area contributed by atoms with Crippen LogP contribution in [0.5, 0.6) is 0 Å². The molecule has 0 N–H and O–H groups in total. The Hall–Kier alpha value is -2.70. The largest absolute Gasteiger partial charge is 0.311 e. The molecule has 1 amide bonds. The molecular formula is C22H24N2O3S. The summed E-state index contributed by atoms with van der Waals surface area (Å²) in [5.41, 5.74) is 1.21. The molecule has 0 heterocycles. The van der Waals surface area contributed by atoms with Gasteiger partial charge >= 0.3 is 0 Å². The molecule has 0 unspecified atom stereocenters. The summed E-state index contributed by atoms with van der Waals surface area (Å²) in [5.74, 6) is -0.198. The summed E-state index contributed by atoms with van der Waals surface area (Å²) in [4.78, 5) is 14.6. The Morgan fingerprint density at radius 2 is 1.46 bits per heavy atom. The number of hydrogen-bond acceptors (Lipinski definition) is 3. The molecule has 0 radical (unpaired) electrons. The molecule has 0 spiro atoms. The molecule has 28 heavy (non-hydrogen) atoms. The zero-order chi connectivity index (χ0) is 20.5. The van der Waals surface area contributed by atoms with E-state index in [1.165, 1.54) is 16.4 Å². The fourth-order valence-electron chi connectivity index (χ4n) is 2.91. The smallest absolute Gasteiger partial charge is 0.258 e. The minimum Gasteiger partial charge on any atom is -0.311 e. The van der Waals surface area contributed by atoms with Crippen LogP contribution in [0.2, 0.25) is 0 Å². The highest BCUT2D eigenvalue weighted by molar-refractivity contribution is 7.89. The molecule has 0 saturated heterocycles. The van der Waals surface area contributed by atoms with Crippen molar-refractivity contribution in [2.24, 2.45) is 0 Å². The van der Waals surface area contributed by atoms with E-state index in [-0.39, 0.29) is 16.8 Å². The second-order valence-electron chi connectivity index (χ2n) is 7.03. The second-order valence-corrected chi connectivity index (χ2v) is 9.03. The second kappa shape index (κ2) is 7.73. The molecule has 0 saturated carbocycles. The van der Waals surface area contributed by atoms with Crippen molar-refractivity contribution >= 4 is 32.4 Å². The van der Waals surface area contributed by atoms with E-state index in [0.717, 1.165) is 16.5 Å². The van der Waals surface area contributed by atoms with Crippen molar-refractivity contribution in [2.75, 3.05) is 19.0 Å². The van der Waals surface area contributed by atoms with Gasteiger partial charge in [-0.25, -0.2) is 8.42 Å². The van der Waals surface area contributed by atoms with Gasteiger partial charge in [-0.1, -0.05) is 30.3 Å². The predicted octanol–water partition coefficient (Wildman–Crippen LogP) is 4.15. The third-order valence-corrected chi connectivity index (χ3v) is 6.98. The van der Waals surface area contributed by atoms with Crippen molar-refractivity contribution in [2.45, 2.75) is 24.8 Å². The van der Waals surface area contributed by atoms with E-state index < -0.39 is 10.0 Å². The quantitative estimate of drug-likeness (QED) is 0.651. The topological polar surface area (TPSA) is 57.7 Å². The van der Waals surface area contributed by atoms with Gasteiger partial charge in [0.05, 0.1) is 4.90 Å². The van der Waals surface area contributed by atoms with Crippen LogP contribution in [0.1, 0.15) is 24.2 Å².